The van der Waals surface area contributed by atoms with Crippen molar-refractivity contribution in [2.75, 3.05) is 0 Å². The molecule has 1 aliphatic carbocycles. The summed E-state index contributed by atoms with van der Waals surface area (Å²) in [6.07, 6.45) is 6.01. The molecule has 2 aromatic rings. The molecule has 3 rings (SSSR count). The predicted octanol–water partition coefficient (Wildman–Crippen LogP) is 2.93. The number of fused-ring (bicyclic) bond motifs is 1. The Kier molecular flexibility index (Phi) is 2.44. The number of hydrogen-bond acceptors (Lipinski definition) is 2. The van der Waals surface area contributed by atoms with Gasteiger partial charge in [0.1, 0.15) is 5.82 Å². The molecule has 3 nitrogen and oxygen atoms in total. The smallest absolute Gasteiger partial charge is 0.116 e. The van der Waals surface area contributed by atoms with Crippen LogP contribution in [-0.2, 0) is 0 Å². The van der Waals surface area contributed by atoms with Crippen LogP contribution in [0.2, 0.25) is 0 Å². The molecular formula is C14H19N3. The molecule has 0 saturated heterocycles. The van der Waals surface area contributed by atoms with Gasteiger partial charge in [-0.1, -0.05) is 6.42 Å². The van der Waals surface area contributed by atoms with Crippen LogP contribution in [0.25, 0.3) is 5.52 Å². The van der Waals surface area contributed by atoms with E-state index in [1.165, 1.54) is 36.2 Å². The average molecular weight is 229 g/mol. The van der Waals surface area contributed by atoms with E-state index in [1.54, 1.807) is 0 Å². The van der Waals surface area contributed by atoms with Crippen LogP contribution in [0.3, 0.4) is 0 Å². The van der Waals surface area contributed by atoms with E-state index < -0.39 is 0 Å². The highest BCUT2D eigenvalue weighted by atomic mass is 15.0. The van der Waals surface area contributed by atoms with Crippen LogP contribution in [-0.4, -0.2) is 9.38 Å². The largest absolute Gasteiger partial charge is 0.323 e. The molecule has 0 amide bonds. The van der Waals surface area contributed by atoms with E-state index >= 15 is 0 Å². The lowest BCUT2D eigenvalue weighted by atomic mass is 9.85. The van der Waals surface area contributed by atoms with E-state index in [-0.39, 0.29) is 6.04 Å². The summed E-state index contributed by atoms with van der Waals surface area (Å²) in [7, 11) is 0. The molecule has 1 atom stereocenters. The third-order valence-electron chi connectivity index (χ3n) is 3.76. The summed E-state index contributed by atoms with van der Waals surface area (Å²) in [5, 5.41) is 0. The quantitative estimate of drug-likeness (QED) is 0.860. The molecular weight excluding hydrogens is 210 g/mol. The molecule has 1 fully saturated rings. The first-order chi connectivity index (χ1) is 8.16. The zero-order valence-corrected chi connectivity index (χ0v) is 10.5. The molecule has 0 aliphatic heterocycles. The van der Waals surface area contributed by atoms with Gasteiger partial charge in [-0.25, -0.2) is 4.98 Å². The van der Waals surface area contributed by atoms with E-state index in [0.717, 1.165) is 5.69 Å². The van der Waals surface area contributed by atoms with Crippen LogP contribution in [0.15, 0.2) is 18.3 Å². The minimum absolute atomic E-state index is 0.000580. The van der Waals surface area contributed by atoms with Crippen molar-refractivity contribution < 1.29 is 0 Å². The van der Waals surface area contributed by atoms with E-state index in [9.17, 15) is 0 Å². The maximum atomic E-state index is 6.03. The molecule has 0 aromatic carbocycles. The molecule has 0 radical (unpaired) electrons. The van der Waals surface area contributed by atoms with Crippen LogP contribution in [0, 0.1) is 6.92 Å². The number of aromatic nitrogens is 2. The Morgan fingerprint density at radius 3 is 2.82 bits per heavy atom. The fourth-order valence-electron chi connectivity index (χ4n) is 2.53. The van der Waals surface area contributed by atoms with E-state index in [2.05, 4.69) is 29.7 Å². The lowest BCUT2D eigenvalue weighted by molar-refractivity contribution is 0.399. The number of rotatable bonds is 2. The molecule has 1 saturated carbocycles. The molecule has 2 aromatic heterocycles. The fourth-order valence-corrected chi connectivity index (χ4v) is 2.53. The third-order valence-corrected chi connectivity index (χ3v) is 3.76. The number of nitrogens with zero attached hydrogens (tertiary/aromatic N) is 2. The van der Waals surface area contributed by atoms with E-state index in [0.29, 0.717) is 5.92 Å². The lowest BCUT2D eigenvalue weighted by Crippen LogP contribution is -2.12. The predicted molar refractivity (Wildman–Crippen MR) is 69.1 cm³/mol. The molecule has 1 unspecified atom stereocenters. The minimum Gasteiger partial charge on any atom is -0.323 e. The average Bonchev–Trinajstić information content (AvgIpc) is 2.54. The van der Waals surface area contributed by atoms with Crippen LogP contribution >= 0.6 is 0 Å². The maximum Gasteiger partial charge on any atom is 0.116 e. The van der Waals surface area contributed by atoms with Gasteiger partial charge in [-0.3, -0.25) is 0 Å². The van der Waals surface area contributed by atoms with Crippen molar-refractivity contribution in [3.8, 4) is 0 Å². The van der Waals surface area contributed by atoms with Crippen molar-refractivity contribution >= 4 is 5.52 Å². The number of pyridine rings is 1. The van der Waals surface area contributed by atoms with Gasteiger partial charge >= 0.3 is 0 Å². The first-order valence-corrected chi connectivity index (χ1v) is 6.41. The second-order valence-corrected chi connectivity index (χ2v) is 5.23. The van der Waals surface area contributed by atoms with Crippen molar-refractivity contribution in [1.29, 1.82) is 0 Å². The van der Waals surface area contributed by atoms with Crippen molar-refractivity contribution in [3.05, 3.63) is 35.4 Å². The normalized spacial score (nSPS) is 18.3. The van der Waals surface area contributed by atoms with Gasteiger partial charge in [0.15, 0.2) is 0 Å². The Hall–Kier alpha value is -1.35. The van der Waals surface area contributed by atoms with Crippen molar-refractivity contribution in [2.24, 2.45) is 5.73 Å². The Morgan fingerprint density at radius 2 is 2.24 bits per heavy atom. The highest BCUT2D eigenvalue weighted by Crippen LogP contribution is 2.37. The summed E-state index contributed by atoms with van der Waals surface area (Å²) in [4.78, 5) is 4.79. The van der Waals surface area contributed by atoms with E-state index in [1.807, 2.05) is 6.92 Å². The second kappa shape index (κ2) is 3.84. The highest BCUT2D eigenvalue weighted by Gasteiger charge is 2.26. The number of aryl methyl sites for hydroxylation is 1. The van der Waals surface area contributed by atoms with Gasteiger partial charge in [-0.2, -0.15) is 0 Å². The van der Waals surface area contributed by atoms with Gasteiger partial charge < -0.3 is 10.1 Å². The van der Waals surface area contributed by atoms with Crippen molar-refractivity contribution in [2.45, 2.75) is 45.1 Å². The third kappa shape index (κ3) is 1.65. The Labute approximate surface area is 102 Å². The lowest BCUT2D eigenvalue weighted by Gasteiger charge is -2.24. The molecule has 3 heteroatoms. The summed E-state index contributed by atoms with van der Waals surface area (Å²) in [6, 6.07) is 4.33. The Morgan fingerprint density at radius 1 is 1.47 bits per heavy atom. The summed E-state index contributed by atoms with van der Waals surface area (Å²) in [5.74, 6) is 1.84. The van der Waals surface area contributed by atoms with E-state index in [4.69, 9.17) is 10.7 Å². The van der Waals surface area contributed by atoms with Gasteiger partial charge in [-0.05, 0) is 44.4 Å². The summed E-state index contributed by atoms with van der Waals surface area (Å²) < 4.78 is 2.23. The van der Waals surface area contributed by atoms with Crippen molar-refractivity contribution in [1.82, 2.24) is 9.38 Å². The van der Waals surface area contributed by atoms with Crippen LogP contribution in [0.1, 0.15) is 55.2 Å². The van der Waals surface area contributed by atoms with Crippen molar-refractivity contribution in [3.63, 3.8) is 0 Å². The zero-order chi connectivity index (χ0) is 12.0. The Balaban J connectivity index is 2.22. The SMILES string of the molecule is Cc1ccn2c(C3CCC3)nc(C(C)N)c2c1. The number of imidazole rings is 1. The first-order valence-electron chi connectivity index (χ1n) is 6.41. The summed E-state index contributed by atoms with van der Waals surface area (Å²) >= 11 is 0. The molecule has 0 spiro atoms. The second-order valence-electron chi connectivity index (χ2n) is 5.23. The van der Waals surface area contributed by atoms with Crippen LogP contribution in [0.5, 0.6) is 0 Å². The molecule has 1 aliphatic rings. The highest BCUT2D eigenvalue weighted by molar-refractivity contribution is 5.56. The Bertz CT molecular complexity index is 550. The van der Waals surface area contributed by atoms with Gasteiger partial charge in [0.05, 0.1) is 11.2 Å². The zero-order valence-electron chi connectivity index (χ0n) is 10.5. The summed E-state index contributed by atoms with van der Waals surface area (Å²) in [5.41, 5.74) is 9.51. The summed E-state index contributed by atoms with van der Waals surface area (Å²) in [6.45, 7) is 4.12. The molecule has 17 heavy (non-hydrogen) atoms. The van der Waals surface area contributed by atoms with Gasteiger partial charge in [0.2, 0.25) is 0 Å². The monoisotopic (exact) mass is 229 g/mol. The number of hydrogen-bond donors (Lipinski definition) is 1. The first kappa shape index (κ1) is 10.8. The maximum absolute atomic E-state index is 6.03. The molecule has 2 heterocycles. The van der Waals surface area contributed by atoms with Gasteiger partial charge in [-0.15, -0.1) is 0 Å². The van der Waals surface area contributed by atoms with Gasteiger partial charge in [0.25, 0.3) is 0 Å². The molecule has 90 valence electrons. The topological polar surface area (TPSA) is 43.3 Å². The standard InChI is InChI=1S/C14H19N3/c1-9-6-7-17-12(8-9)13(10(2)15)16-14(17)11-4-3-5-11/h6-8,10-11H,3-5,15H2,1-2H3. The fraction of sp³-hybridized carbons (Fsp3) is 0.500. The molecule has 0 bridgehead atoms. The minimum atomic E-state index is 0.000580. The van der Waals surface area contributed by atoms with Crippen LogP contribution in [0.4, 0.5) is 0 Å². The van der Waals surface area contributed by atoms with Gasteiger partial charge in [0, 0.05) is 18.2 Å². The number of nitrogens with two attached hydrogens (primary N) is 1. The van der Waals surface area contributed by atoms with Crippen LogP contribution < -0.4 is 5.73 Å². The molecule has 2 N–H and O–H groups in total.